The van der Waals surface area contributed by atoms with Crippen molar-refractivity contribution in [2.24, 2.45) is 5.73 Å². The van der Waals surface area contributed by atoms with Gasteiger partial charge in [0.2, 0.25) is 0 Å². The molecular formula is C15H23FN2. The molecule has 0 saturated carbocycles. The van der Waals surface area contributed by atoms with Crippen molar-refractivity contribution in [2.45, 2.75) is 58.3 Å². The molecular weight excluding hydrogens is 227 g/mol. The van der Waals surface area contributed by atoms with Crippen LogP contribution in [0, 0.1) is 5.82 Å². The zero-order valence-electron chi connectivity index (χ0n) is 11.3. The van der Waals surface area contributed by atoms with Crippen LogP contribution in [0.15, 0.2) is 18.2 Å². The summed E-state index contributed by atoms with van der Waals surface area (Å²) in [6.07, 6.45) is 3.70. The molecule has 2 N–H and O–H groups in total. The summed E-state index contributed by atoms with van der Waals surface area (Å²) < 4.78 is 13.8. The number of rotatable bonds is 3. The summed E-state index contributed by atoms with van der Waals surface area (Å²) in [7, 11) is 0. The van der Waals surface area contributed by atoms with Crippen LogP contribution in [-0.2, 0) is 13.1 Å². The van der Waals surface area contributed by atoms with E-state index in [4.69, 9.17) is 5.73 Å². The Morgan fingerprint density at radius 1 is 1.28 bits per heavy atom. The van der Waals surface area contributed by atoms with Gasteiger partial charge in [0.15, 0.2) is 0 Å². The molecule has 0 unspecified atom stereocenters. The van der Waals surface area contributed by atoms with Gasteiger partial charge in [0.05, 0.1) is 0 Å². The molecule has 0 spiro atoms. The molecule has 1 aromatic rings. The quantitative estimate of drug-likeness (QED) is 0.893. The third-order valence-electron chi connectivity index (χ3n) is 4.07. The highest BCUT2D eigenvalue weighted by atomic mass is 19.1. The summed E-state index contributed by atoms with van der Waals surface area (Å²) in [5.41, 5.74) is 7.40. The normalized spacial score (nSPS) is 25.3. The van der Waals surface area contributed by atoms with Crippen molar-refractivity contribution < 1.29 is 4.39 Å². The fraction of sp³-hybridized carbons (Fsp3) is 0.600. The maximum atomic E-state index is 13.8. The van der Waals surface area contributed by atoms with Gasteiger partial charge in [0, 0.05) is 30.7 Å². The fourth-order valence-corrected chi connectivity index (χ4v) is 2.86. The number of piperidine rings is 1. The number of hydrogen-bond acceptors (Lipinski definition) is 2. The Morgan fingerprint density at radius 2 is 1.94 bits per heavy atom. The Bertz CT molecular complexity index is 395. The number of nitrogens with two attached hydrogens (primary N) is 1. The van der Waals surface area contributed by atoms with Crippen LogP contribution in [-0.4, -0.2) is 17.0 Å². The molecule has 0 bridgehead atoms. The van der Waals surface area contributed by atoms with Crippen LogP contribution in [0.4, 0.5) is 4.39 Å². The van der Waals surface area contributed by atoms with E-state index < -0.39 is 0 Å². The first-order valence-electron chi connectivity index (χ1n) is 6.85. The predicted molar refractivity (Wildman–Crippen MR) is 72.6 cm³/mol. The largest absolute Gasteiger partial charge is 0.326 e. The smallest absolute Gasteiger partial charge is 0.127 e. The standard InChI is InChI=1S/C15H23FN2/c1-11-4-3-5-12(2)18(11)10-14-8-13(9-17)6-7-15(14)16/h6-8,11-12H,3-5,9-10,17H2,1-2H3/t11-,12+. The number of hydrogen-bond donors (Lipinski definition) is 1. The molecule has 1 aliphatic heterocycles. The van der Waals surface area contributed by atoms with E-state index in [-0.39, 0.29) is 5.82 Å². The van der Waals surface area contributed by atoms with Crippen LogP contribution in [0.2, 0.25) is 0 Å². The zero-order valence-corrected chi connectivity index (χ0v) is 11.3. The zero-order chi connectivity index (χ0) is 13.1. The van der Waals surface area contributed by atoms with Gasteiger partial charge in [0.1, 0.15) is 5.82 Å². The number of halogens is 1. The number of likely N-dealkylation sites (tertiary alicyclic amines) is 1. The van der Waals surface area contributed by atoms with Gasteiger partial charge in [-0.25, -0.2) is 4.39 Å². The highest BCUT2D eigenvalue weighted by Crippen LogP contribution is 2.25. The topological polar surface area (TPSA) is 29.3 Å². The summed E-state index contributed by atoms with van der Waals surface area (Å²) in [5, 5.41) is 0. The van der Waals surface area contributed by atoms with Gasteiger partial charge in [0.25, 0.3) is 0 Å². The lowest BCUT2D eigenvalue weighted by atomic mass is 9.96. The van der Waals surface area contributed by atoms with E-state index in [9.17, 15) is 4.39 Å². The minimum absolute atomic E-state index is 0.114. The molecule has 1 fully saturated rings. The Morgan fingerprint density at radius 3 is 2.56 bits per heavy atom. The van der Waals surface area contributed by atoms with Crippen LogP contribution >= 0.6 is 0 Å². The van der Waals surface area contributed by atoms with Gasteiger partial charge in [-0.3, -0.25) is 4.90 Å². The Balaban J connectivity index is 2.16. The van der Waals surface area contributed by atoms with E-state index in [2.05, 4.69) is 18.7 Å². The molecule has 100 valence electrons. The van der Waals surface area contributed by atoms with E-state index in [0.29, 0.717) is 25.2 Å². The Hall–Kier alpha value is -0.930. The van der Waals surface area contributed by atoms with E-state index in [1.807, 2.05) is 6.07 Å². The third-order valence-corrected chi connectivity index (χ3v) is 4.07. The molecule has 2 rings (SSSR count). The summed E-state index contributed by atoms with van der Waals surface area (Å²) >= 11 is 0. The first kappa shape index (κ1) is 13.5. The second kappa shape index (κ2) is 5.81. The Kier molecular flexibility index (Phi) is 4.36. The van der Waals surface area contributed by atoms with Gasteiger partial charge in [-0.05, 0) is 38.3 Å². The van der Waals surface area contributed by atoms with E-state index >= 15 is 0 Å². The molecule has 1 aromatic carbocycles. The van der Waals surface area contributed by atoms with Gasteiger partial charge in [-0.1, -0.05) is 18.6 Å². The molecule has 3 heteroatoms. The van der Waals surface area contributed by atoms with Gasteiger partial charge >= 0.3 is 0 Å². The fourth-order valence-electron chi connectivity index (χ4n) is 2.86. The maximum Gasteiger partial charge on any atom is 0.127 e. The second-order valence-electron chi connectivity index (χ2n) is 5.43. The molecule has 18 heavy (non-hydrogen) atoms. The molecule has 0 amide bonds. The van der Waals surface area contributed by atoms with Crippen LogP contribution in [0.1, 0.15) is 44.2 Å². The molecule has 2 atom stereocenters. The first-order valence-corrected chi connectivity index (χ1v) is 6.85. The van der Waals surface area contributed by atoms with Crippen molar-refractivity contribution in [1.82, 2.24) is 4.90 Å². The van der Waals surface area contributed by atoms with Crippen LogP contribution < -0.4 is 5.73 Å². The highest BCUT2D eigenvalue weighted by molar-refractivity contribution is 5.25. The van der Waals surface area contributed by atoms with Crippen molar-refractivity contribution >= 4 is 0 Å². The van der Waals surface area contributed by atoms with Gasteiger partial charge in [-0.2, -0.15) is 0 Å². The van der Waals surface area contributed by atoms with E-state index in [0.717, 1.165) is 11.1 Å². The summed E-state index contributed by atoms with van der Waals surface area (Å²) in [6.45, 7) is 5.64. The lowest BCUT2D eigenvalue weighted by Crippen LogP contribution is -2.43. The lowest BCUT2D eigenvalue weighted by Gasteiger charge is -2.39. The van der Waals surface area contributed by atoms with Crippen molar-refractivity contribution in [3.8, 4) is 0 Å². The molecule has 0 radical (unpaired) electrons. The van der Waals surface area contributed by atoms with E-state index in [1.54, 1.807) is 6.07 Å². The SMILES string of the molecule is C[C@@H]1CCC[C@H](C)N1Cc1cc(CN)ccc1F. The third kappa shape index (κ3) is 2.90. The number of benzene rings is 1. The second-order valence-corrected chi connectivity index (χ2v) is 5.43. The molecule has 1 heterocycles. The van der Waals surface area contributed by atoms with Crippen LogP contribution in [0.5, 0.6) is 0 Å². The van der Waals surface area contributed by atoms with Gasteiger partial charge in [-0.15, -0.1) is 0 Å². The van der Waals surface area contributed by atoms with Crippen molar-refractivity contribution in [3.05, 3.63) is 35.1 Å². The maximum absolute atomic E-state index is 13.8. The first-order chi connectivity index (χ1) is 8.61. The molecule has 2 nitrogen and oxygen atoms in total. The molecule has 0 aromatic heterocycles. The summed E-state index contributed by atoms with van der Waals surface area (Å²) in [5.74, 6) is -0.114. The monoisotopic (exact) mass is 250 g/mol. The summed E-state index contributed by atoms with van der Waals surface area (Å²) in [4.78, 5) is 2.40. The lowest BCUT2D eigenvalue weighted by molar-refractivity contribution is 0.0940. The molecule has 0 aliphatic carbocycles. The number of nitrogens with zero attached hydrogens (tertiary/aromatic N) is 1. The average Bonchev–Trinajstić information content (AvgIpc) is 2.36. The minimum atomic E-state index is -0.114. The molecule has 1 saturated heterocycles. The Labute approximate surface area is 109 Å². The minimum Gasteiger partial charge on any atom is -0.326 e. The van der Waals surface area contributed by atoms with Crippen molar-refractivity contribution in [2.75, 3.05) is 0 Å². The predicted octanol–water partition coefficient (Wildman–Crippen LogP) is 3.05. The van der Waals surface area contributed by atoms with E-state index in [1.165, 1.54) is 25.3 Å². The average molecular weight is 250 g/mol. The van der Waals surface area contributed by atoms with Crippen molar-refractivity contribution in [1.29, 1.82) is 0 Å². The molecule has 1 aliphatic rings. The van der Waals surface area contributed by atoms with Gasteiger partial charge < -0.3 is 5.73 Å². The van der Waals surface area contributed by atoms with Crippen LogP contribution in [0.25, 0.3) is 0 Å². The van der Waals surface area contributed by atoms with Crippen LogP contribution in [0.3, 0.4) is 0 Å². The van der Waals surface area contributed by atoms with Crippen molar-refractivity contribution in [3.63, 3.8) is 0 Å². The summed E-state index contributed by atoms with van der Waals surface area (Å²) in [6, 6.07) is 6.28. The highest BCUT2D eigenvalue weighted by Gasteiger charge is 2.25.